The molecule has 0 aliphatic carbocycles. The second kappa shape index (κ2) is 11.3. The summed E-state index contributed by atoms with van der Waals surface area (Å²) in [7, 11) is 0. The van der Waals surface area contributed by atoms with Crippen molar-refractivity contribution >= 4 is 28.9 Å². The Labute approximate surface area is 217 Å². The maximum absolute atomic E-state index is 9.15. The number of rotatable bonds is 7. The van der Waals surface area contributed by atoms with E-state index < -0.39 is 0 Å². The molecule has 5 nitrogen and oxygen atoms in total. The van der Waals surface area contributed by atoms with Crippen LogP contribution in [-0.4, -0.2) is 42.4 Å². The number of aliphatic hydroxyl groups excluding tert-OH is 1. The van der Waals surface area contributed by atoms with Crippen LogP contribution in [0.5, 0.6) is 5.75 Å². The van der Waals surface area contributed by atoms with Crippen LogP contribution in [0.3, 0.4) is 0 Å². The minimum Gasteiger partial charge on any atom is -0.491 e. The summed E-state index contributed by atoms with van der Waals surface area (Å²) in [6.45, 7) is 6.26. The Bertz CT molecular complexity index is 1180. The average molecular weight is 510 g/mol. The molecule has 0 radical (unpaired) electrons. The van der Waals surface area contributed by atoms with Gasteiger partial charge in [0.1, 0.15) is 12.4 Å². The number of piperazine rings is 1. The molecule has 7 heteroatoms. The largest absolute Gasteiger partial charge is 0.491 e. The van der Waals surface area contributed by atoms with Gasteiger partial charge in [-0.2, -0.15) is 5.26 Å². The minimum atomic E-state index is -0.0472. The average Bonchev–Trinajstić information content (AvgIpc) is 2.87. The van der Waals surface area contributed by atoms with Gasteiger partial charge in [-0.05, 0) is 61.4 Å². The van der Waals surface area contributed by atoms with E-state index in [9.17, 15) is 0 Å². The number of ether oxygens (including phenoxy) is 1. The molecule has 35 heavy (non-hydrogen) atoms. The van der Waals surface area contributed by atoms with Crippen LogP contribution in [0.1, 0.15) is 42.6 Å². The van der Waals surface area contributed by atoms with E-state index in [1.54, 1.807) is 0 Å². The molecule has 1 N–H and O–H groups in total. The van der Waals surface area contributed by atoms with Gasteiger partial charge in [0, 0.05) is 36.3 Å². The fourth-order valence-electron chi connectivity index (χ4n) is 4.79. The maximum Gasteiger partial charge on any atom is 0.121 e. The second-order valence-corrected chi connectivity index (χ2v) is 9.72. The molecule has 1 saturated heterocycles. The van der Waals surface area contributed by atoms with Crippen LogP contribution < -0.4 is 9.64 Å². The lowest BCUT2D eigenvalue weighted by molar-refractivity contribution is 0.148. The van der Waals surface area contributed by atoms with Crippen LogP contribution in [0, 0.1) is 11.3 Å². The lowest BCUT2D eigenvalue weighted by atomic mass is 9.95. The molecule has 4 rings (SSSR count). The van der Waals surface area contributed by atoms with Gasteiger partial charge in [0.15, 0.2) is 0 Å². The van der Waals surface area contributed by atoms with Gasteiger partial charge in [0.25, 0.3) is 0 Å². The molecule has 0 amide bonds. The van der Waals surface area contributed by atoms with Crippen LogP contribution in [0.4, 0.5) is 5.69 Å². The Balaban J connectivity index is 1.67. The van der Waals surface area contributed by atoms with E-state index in [0.717, 1.165) is 24.3 Å². The van der Waals surface area contributed by atoms with E-state index in [0.29, 0.717) is 21.4 Å². The maximum atomic E-state index is 9.15. The van der Waals surface area contributed by atoms with Crippen LogP contribution in [0.25, 0.3) is 0 Å². The van der Waals surface area contributed by atoms with Gasteiger partial charge in [-0.1, -0.05) is 47.5 Å². The highest BCUT2D eigenvalue weighted by Crippen LogP contribution is 2.41. The first-order chi connectivity index (χ1) is 16.9. The summed E-state index contributed by atoms with van der Waals surface area (Å²) in [6, 6.07) is 24.2. The fraction of sp³-hybridized carbons (Fsp3) is 0.321. The second-order valence-electron chi connectivity index (χ2n) is 8.87. The van der Waals surface area contributed by atoms with E-state index in [-0.39, 0.29) is 31.3 Å². The molecule has 1 aliphatic rings. The molecule has 3 aromatic rings. The van der Waals surface area contributed by atoms with Crippen molar-refractivity contribution in [1.29, 1.82) is 5.26 Å². The van der Waals surface area contributed by atoms with Crippen molar-refractivity contribution in [3.63, 3.8) is 0 Å². The first kappa shape index (κ1) is 25.3. The highest BCUT2D eigenvalue weighted by atomic mass is 35.5. The lowest BCUT2D eigenvalue weighted by Gasteiger charge is -2.49. The number of hydrogen-bond donors (Lipinski definition) is 1. The molecule has 1 heterocycles. The molecule has 3 atom stereocenters. The molecule has 0 saturated carbocycles. The van der Waals surface area contributed by atoms with Crippen molar-refractivity contribution in [2.24, 2.45) is 0 Å². The van der Waals surface area contributed by atoms with Crippen molar-refractivity contribution in [3.8, 4) is 11.8 Å². The summed E-state index contributed by atoms with van der Waals surface area (Å²) >= 11 is 13.0. The third-order valence-corrected chi connectivity index (χ3v) is 7.15. The third kappa shape index (κ3) is 5.74. The van der Waals surface area contributed by atoms with E-state index in [1.165, 1.54) is 5.56 Å². The Morgan fingerprint density at radius 2 is 1.77 bits per heavy atom. The van der Waals surface area contributed by atoms with Crippen LogP contribution in [0.2, 0.25) is 10.0 Å². The highest BCUT2D eigenvalue weighted by Gasteiger charge is 2.36. The minimum absolute atomic E-state index is 0.0472. The Morgan fingerprint density at radius 3 is 2.40 bits per heavy atom. The van der Waals surface area contributed by atoms with Gasteiger partial charge in [-0.15, -0.1) is 0 Å². The fourth-order valence-corrected chi connectivity index (χ4v) is 5.18. The predicted molar refractivity (Wildman–Crippen MR) is 141 cm³/mol. The summed E-state index contributed by atoms with van der Waals surface area (Å²) in [5, 5.41) is 19.5. The van der Waals surface area contributed by atoms with Gasteiger partial charge < -0.3 is 14.7 Å². The van der Waals surface area contributed by atoms with E-state index in [1.807, 2.05) is 54.6 Å². The molecule has 0 bridgehead atoms. The molecule has 182 valence electrons. The Hall–Kier alpha value is -2.75. The smallest absolute Gasteiger partial charge is 0.121 e. The van der Waals surface area contributed by atoms with Crippen LogP contribution >= 0.6 is 23.2 Å². The predicted octanol–water partition coefficient (Wildman–Crippen LogP) is 6.25. The molecule has 1 fully saturated rings. The topological polar surface area (TPSA) is 59.7 Å². The number of benzene rings is 3. The van der Waals surface area contributed by atoms with Gasteiger partial charge in [-0.3, -0.25) is 4.90 Å². The summed E-state index contributed by atoms with van der Waals surface area (Å²) in [6.07, 6.45) is 0. The Morgan fingerprint density at radius 1 is 1.06 bits per heavy atom. The SMILES string of the molecule is C[C@H](c1ccc(C#N)cc1)N1C[C@@H](C)N(c2ccc(OCCO)cc2Cl)[C@H](c2ccc(Cl)cc2)C1. The zero-order chi connectivity index (χ0) is 24.9. The van der Waals surface area contributed by atoms with E-state index >= 15 is 0 Å². The normalized spacial score (nSPS) is 19.3. The van der Waals surface area contributed by atoms with Gasteiger partial charge in [0.2, 0.25) is 0 Å². The number of aliphatic hydroxyl groups is 1. The molecule has 0 aromatic heterocycles. The molecule has 3 aromatic carbocycles. The molecule has 0 unspecified atom stereocenters. The summed E-state index contributed by atoms with van der Waals surface area (Å²) in [5.74, 6) is 0.636. The zero-order valence-corrected chi connectivity index (χ0v) is 21.4. The van der Waals surface area contributed by atoms with Crippen molar-refractivity contribution in [2.45, 2.75) is 32.0 Å². The summed E-state index contributed by atoms with van der Waals surface area (Å²) in [5.41, 5.74) is 3.96. The number of anilines is 1. The number of nitriles is 1. The quantitative estimate of drug-likeness (QED) is 0.407. The van der Waals surface area contributed by atoms with E-state index in [2.05, 4.69) is 41.8 Å². The molecular weight excluding hydrogens is 481 g/mol. The molecule has 1 aliphatic heterocycles. The number of hydrogen-bond acceptors (Lipinski definition) is 5. The summed E-state index contributed by atoms with van der Waals surface area (Å²) in [4.78, 5) is 4.86. The van der Waals surface area contributed by atoms with Crippen molar-refractivity contribution in [3.05, 3.63) is 93.5 Å². The van der Waals surface area contributed by atoms with Gasteiger partial charge in [-0.25, -0.2) is 0 Å². The molecular formula is C28H29Cl2N3O2. The third-order valence-electron chi connectivity index (χ3n) is 6.60. The number of halogens is 2. The van der Waals surface area contributed by atoms with Crippen LogP contribution in [0.15, 0.2) is 66.7 Å². The monoisotopic (exact) mass is 509 g/mol. The standard InChI is InChI=1S/C28H29Cl2N3O2/c1-19-17-32(20(2)22-5-3-21(16-31)4-6-22)18-28(23-7-9-24(29)10-8-23)33(19)27-12-11-25(15-26(27)30)35-14-13-34/h3-12,15,19-20,28,34H,13-14,17-18H2,1-2H3/t19-,20-,28+/m1/s1. The first-order valence-electron chi connectivity index (χ1n) is 11.7. The van der Waals surface area contributed by atoms with Crippen molar-refractivity contribution in [1.82, 2.24) is 4.90 Å². The van der Waals surface area contributed by atoms with Gasteiger partial charge in [0.05, 0.1) is 35.0 Å². The van der Waals surface area contributed by atoms with Crippen LogP contribution in [-0.2, 0) is 0 Å². The molecule has 0 spiro atoms. The van der Waals surface area contributed by atoms with Crippen molar-refractivity contribution < 1.29 is 9.84 Å². The lowest BCUT2D eigenvalue weighted by Crippen LogP contribution is -2.54. The highest BCUT2D eigenvalue weighted by molar-refractivity contribution is 6.33. The van der Waals surface area contributed by atoms with Crippen molar-refractivity contribution in [2.75, 3.05) is 31.2 Å². The van der Waals surface area contributed by atoms with Gasteiger partial charge >= 0.3 is 0 Å². The first-order valence-corrected chi connectivity index (χ1v) is 12.5. The zero-order valence-electron chi connectivity index (χ0n) is 19.9. The Kier molecular flexibility index (Phi) is 8.20. The summed E-state index contributed by atoms with van der Waals surface area (Å²) < 4.78 is 5.55. The number of nitrogens with zero attached hydrogens (tertiary/aromatic N) is 3. The van der Waals surface area contributed by atoms with E-state index in [4.69, 9.17) is 38.3 Å².